The molecule has 1 heterocycles. The summed E-state index contributed by atoms with van der Waals surface area (Å²) in [6, 6.07) is 10.5. The van der Waals surface area contributed by atoms with Gasteiger partial charge in [-0.05, 0) is 42.8 Å². The van der Waals surface area contributed by atoms with Crippen molar-refractivity contribution in [3.05, 3.63) is 52.0 Å². The molecule has 0 atom stereocenters. The van der Waals surface area contributed by atoms with Crippen LogP contribution in [0.2, 0.25) is 0 Å². The molecule has 0 spiro atoms. The Hall–Kier alpha value is -2.14. The van der Waals surface area contributed by atoms with Gasteiger partial charge in [0.1, 0.15) is 5.52 Å². The van der Waals surface area contributed by atoms with Crippen molar-refractivity contribution in [3.8, 4) is 11.5 Å². The minimum absolute atomic E-state index is 0.185. The van der Waals surface area contributed by atoms with Crippen LogP contribution in [0, 0.1) is 6.92 Å². The summed E-state index contributed by atoms with van der Waals surface area (Å²) in [5, 5.41) is 8.97. The molecule has 0 aliphatic heterocycles. The summed E-state index contributed by atoms with van der Waals surface area (Å²) in [5.41, 5.74) is 3.26. The number of aromatic carboxylic acids is 1. The number of aromatic nitrogens is 1. The first-order valence-corrected chi connectivity index (χ1v) is 6.74. The highest BCUT2D eigenvalue weighted by Crippen LogP contribution is 2.28. The summed E-state index contributed by atoms with van der Waals surface area (Å²) in [6.07, 6.45) is 0. The number of carboxylic acid groups (broad SMARTS) is 1. The van der Waals surface area contributed by atoms with Gasteiger partial charge in [0.25, 0.3) is 0 Å². The Morgan fingerprint density at radius 3 is 2.75 bits per heavy atom. The Morgan fingerprint density at radius 2 is 2.05 bits per heavy atom. The van der Waals surface area contributed by atoms with Crippen LogP contribution in [0.25, 0.3) is 22.6 Å². The monoisotopic (exact) mass is 331 g/mol. The average Bonchev–Trinajstić information content (AvgIpc) is 2.84. The molecule has 0 saturated heterocycles. The highest BCUT2D eigenvalue weighted by molar-refractivity contribution is 9.10. The lowest BCUT2D eigenvalue weighted by atomic mass is 10.1. The Balaban J connectivity index is 2.12. The van der Waals surface area contributed by atoms with Gasteiger partial charge >= 0.3 is 5.97 Å². The average molecular weight is 332 g/mol. The molecular formula is C15H10BrNO3. The number of fused-ring (bicyclic) bond motifs is 1. The standard InChI is InChI=1S/C15H10BrNO3/c1-8-2-3-9(6-11(8)16)14-17-12-5-4-10(15(18)19)7-13(12)20-14/h2-7H,1H3,(H,18,19). The third-order valence-electron chi connectivity index (χ3n) is 3.05. The van der Waals surface area contributed by atoms with E-state index in [1.807, 2.05) is 25.1 Å². The van der Waals surface area contributed by atoms with Crippen molar-refractivity contribution >= 4 is 33.0 Å². The zero-order valence-corrected chi connectivity index (χ0v) is 12.1. The predicted octanol–water partition coefficient (Wildman–Crippen LogP) is 4.26. The first-order chi connectivity index (χ1) is 9.54. The van der Waals surface area contributed by atoms with E-state index in [0.29, 0.717) is 17.0 Å². The molecule has 20 heavy (non-hydrogen) atoms. The molecule has 5 heteroatoms. The van der Waals surface area contributed by atoms with Crippen molar-refractivity contribution in [1.29, 1.82) is 0 Å². The summed E-state index contributed by atoms with van der Waals surface area (Å²) in [4.78, 5) is 15.3. The van der Waals surface area contributed by atoms with Gasteiger partial charge in [-0.2, -0.15) is 0 Å². The van der Waals surface area contributed by atoms with Crippen LogP contribution in [0.15, 0.2) is 45.3 Å². The Labute approximate surface area is 123 Å². The van der Waals surface area contributed by atoms with Crippen molar-refractivity contribution in [2.45, 2.75) is 6.92 Å². The van der Waals surface area contributed by atoms with Gasteiger partial charge in [0.2, 0.25) is 5.89 Å². The van der Waals surface area contributed by atoms with E-state index in [2.05, 4.69) is 20.9 Å². The first-order valence-electron chi connectivity index (χ1n) is 5.95. The largest absolute Gasteiger partial charge is 0.478 e. The van der Waals surface area contributed by atoms with Gasteiger partial charge in [-0.15, -0.1) is 0 Å². The molecule has 0 aliphatic rings. The van der Waals surface area contributed by atoms with Crippen molar-refractivity contribution in [2.75, 3.05) is 0 Å². The minimum atomic E-state index is -0.983. The number of carbonyl (C=O) groups is 1. The minimum Gasteiger partial charge on any atom is -0.478 e. The molecule has 3 aromatic rings. The van der Waals surface area contributed by atoms with Gasteiger partial charge in [0.15, 0.2) is 5.58 Å². The van der Waals surface area contributed by atoms with Gasteiger partial charge < -0.3 is 9.52 Å². The van der Waals surface area contributed by atoms with Gasteiger partial charge in [-0.25, -0.2) is 9.78 Å². The second-order valence-electron chi connectivity index (χ2n) is 4.47. The number of oxazole rings is 1. The number of nitrogens with zero attached hydrogens (tertiary/aromatic N) is 1. The molecule has 0 aliphatic carbocycles. The fourth-order valence-corrected chi connectivity index (χ4v) is 2.29. The highest BCUT2D eigenvalue weighted by atomic mass is 79.9. The van der Waals surface area contributed by atoms with E-state index < -0.39 is 5.97 Å². The molecule has 4 nitrogen and oxygen atoms in total. The molecule has 1 N–H and O–H groups in total. The maximum Gasteiger partial charge on any atom is 0.335 e. The van der Waals surface area contributed by atoms with Gasteiger partial charge in [0, 0.05) is 10.0 Å². The van der Waals surface area contributed by atoms with Crippen molar-refractivity contribution in [2.24, 2.45) is 0 Å². The zero-order chi connectivity index (χ0) is 14.3. The Morgan fingerprint density at radius 1 is 1.25 bits per heavy atom. The molecule has 0 amide bonds. The number of rotatable bonds is 2. The number of hydrogen-bond donors (Lipinski definition) is 1. The quantitative estimate of drug-likeness (QED) is 0.761. The van der Waals surface area contributed by atoms with E-state index in [0.717, 1.165) is 15.6 Å². The number of hydrogen-bond acceptors (Lipinski definition) is 3. The van der Waals surface area contributed by atoms with Gasteiger partial charge in [0.05, 0.1) is 5.56 Å². The summed E-state index contributed by atoms with van der Waals surface area (Å²) >= 11 is 3.47. The van der Waals surface area contributed by atoms with E-state index in [-0.39, 0.29) is 5.56 Å². The van der Waals surface area contributed by atoms with Crippen LogP contribution in [-0.4, -0.2) is 16.1 Å². The summed E-state index contributed by atoms with van der Waals surface area (Å²) < 4.78 is 6.62. The molecular weight excluding hydrogens is 322 g/mol. The maximum absolute atomic E-state index is 10.9. The summed E-state index contributed by atoms with van der Waals surface area (Å²) in [7, 11) is 0. The SMILES string of the molecule is Cc1ccc(-c2nc3ccc(C(=O)O)cc3o2)cc1Br. The third kappa shape index (κ3) is 2.20. The fourth-order valence-electron chi connectivity index (χ4n) is 1.91. The van der Waals surface area contributed by atoms with Crippen LogP contribution < -0.4 is 0 Å². The van der Waals surface area contributed by atoms with Crippen LogP contribution in [0.3, 0.4) is 0 Å². The highest BCUT2D eigenvalue weighted by Gasteiger charge is 2.11. The van der Waals surface area contributed by atoms with Crippen molar-refractivity contribution < 1.29 is 14.3 Å². The smallest absolute Gasteiger partial charge is 0.335 e. The normalized spacial score (nSPS) is 10.9. The van der Waals surface area contributed by atoms with Crippen molar-refractivity contribution in [3.63, 3.8) is 0 Å². The van der Waals surface area contributed by atoms with Crippen LogP contribution in [0.4, 0.5) is 0 Å². The molecule has 3 rings (SSSR count). The zero-order valence-electron chi connectivity index (χ0n) is 10.6. The molecule has 0 saturated carbocycles. The van der Waals surface area contributed by atoms with E-state index in [9.17, 15) is 4.79 Å². The molecule has 0 unspecified atom stereocenters. The third-order valence-corrected chi connectivity index (χ3v) is 3.91. The van der Waals surface area contributed by atoms with E-state index >= 15 is 0 Å². The van der Waals surface area contributed by atoms with Crippen LogP contribution in [-0.2, 0) is 0 Å². The molecule has 0 bridgehead atoms. The predicted molar refractivity (Wildman–Crippen MR) is 78.8 cm³/mol. The second-order valence-corrected chi connectivity index (χ2v) is 5.32. The maximum atomic E-state index is 10.9. The summed E-state index contributed by atoms with van der Waals surface area (Å²) in [6.45, 7) is 2.00. The second kappa shape index (κ2) is 4.76. The number of benzene rings is 2. The van der Waals surface area contributed by atoms with Gasteiger partial charge in [-0.3, -0.25) is 0 Å². The number of aryl methyl sites for hydroxylation is 1. The molecule has 0 fully saturated rings. The molecule has 0 radical (unpaired) electrons. The lowest BCUT2D eigenvalue weighted by molar-refractivity contribution is 0.0697. The van der Waals surface area contributed by atoms with Crippen LogP contribution >= 0.6 is 15.9 Å². The van der Waals surface area contributed by atoms with E-state index in [1.165, 1.54) is 12.1 Å². The topological polar surface area (TPSA) is 63.3 Å². The van der Waals surface area contributed by atoms with Crippen molar-refractivity contribution in [1.82, 2.24) is 4.98 Å². The molecule has 2 aromatic carbocycles. The van der Waals surface area contributed by atoms with Crippen LogP contribution in [0.1, 0.15) is 15.9 Å². The van der Waals surface area contributed by atoms with Crippen LogP contribution in [0.5, 0.6) is 0 Å². The Bertz CT molecular complexity index is 823. The number of carboxylic acids is 1. The van der Waals surface area contributed by atoms with E-state index in [1.54, 1.807) is 6.07 Å². The molecule has 1 aromatic heterocycles. The van der Waals surface area contributed by atoms with E-state index in [4.69, 9.17) is 9.52 Å². The van der Waals surface area contributed by atoms with Gasteiger partial charge in [-0.1, -0.05) is 22.0 Å². The lowest BCUT2D eigenvalue weighted by Crippen LogP contribution is -1.94. The molecule has 100 valence electrons. The summed E-state index contributed by atoms with van der Waals surface area (Å²) in [5.74, 6) is -0.508. The Kier molecular flexibility index (Phi) is 3.06. The fraction of sp³-hybridized carbons (Fsp3) is 0.0667. The number of halogens is 1. The lowest BCUT2D eigenvalue weighted by Gasteiger charge is -1.99. The first kappa shape index (κ1) is 12.9.